The Morgan fingerprint density at radius 1 is 0.867 bits per heavy atom. The van der Waals surface area contributed by atoms with Gasteiger partial charge in [-0.3, -0.25) is 25.2 Å². The quantitative estimate of drug-likeness (QED) is 0.588. The van der Waals surface area contributed by atoms with Crippen LogP contribution in [-0.2, 0) is 16.0 Å². The summed E-state index contributed by atoms with van der Waals surface area (Å²) >= 11 is 11.8. The van der Waals surface area contributed by atoms with E-state index < -0.39 is 5.91 Å². The van der Waals surface area contributed by atoms with E-state index in [0.29, 0.717) is 21.3 Å². The molecule has 0 radical (unpaired) electrons. The average molecular weight is 448 g/mol. The fourth-order valence-electron chi connectivity index (χ4n) is 3.40. The minimum atomic E-state index is -0.409. The van der Waals surface area contributed by atoms with Gasteiger partial charge >= 0.3 is 0 Å². The number of amides is 3. The van der Waals surface area contributed by atoms with E-state index in [1.54, 1.807) is 42.5 Å². The van der Waals surface area contributed by atoms with Crippen molar-refractivity contribution in [3.8, 4) is 0 Å². The van der Waals surface area contributed by atoms with Crippen LogP contribution < -0.4 is 16.2 Å². The number of anilines is 1. The summed E-state index contributed by atoms with van der Waals surface area (Å²) < 4.78 is 0. The van der Waals surface area contributed by atoms with Crippen LogP contribution in [0.2, 0.25) is 10.0 Å². The molecular formula is C22H23Cl2N3O3. The second-order valence-corrected chi connectivity index (χ2v) is 8.14. The zero-order chi connectivity index (χ0) is 21.5. The largest absolute Gasteiger partial charge is 0.326 e. The molecule has 0 saturated heterocycles. The van der Waals surface area contributed by atoms with Crippen molar-refractivity contribution < 1.29 is 14.4 Å². The van der Waals surface area contributed by atoms with E-state index in [9.17, 15) is 14.4 Å². The van der Waals surface area contributed by atoms with Crippen LogP contribution in [0.1, 0.15) is 48.0 Å². The Kier molecular flexibility index (Phi) is 7.71. The minimum Gasteiger partial charge on any atom is -0.326 e. The Labute approximate surface area is 185 Å². The molecule has 3 amide bonds. The lowest BCUT2D eigenvalue weighted by Crippen LogP contribution is -2.44. The zero-order valence-corrected chi connectivity index (χ0v) is 17.9. The summed E-state index contributed by atoms with van der Waals surface area (Å²) in [4.78, 5) is 36.6. The lowest BCUT2D eigenvalue weighted by Gasteiger charge is -2.20. The number of halogens is 2. The van der Waals surface area contributed by atoms with Gasteiger partial charge in [0.1, 0.15) is 0 Å². The van der Waals surface area contributed by atoms with Crippen LogP contribution in [0.15, 0.2) is 42.5 Å². The van der Waals surface area contributed by atoms with Crippen molar-refractivity contribution in [2.45, 2.75) is 38.5 Å². The third-order valence-corrected chi connectivity index (χ3v) is 5.79. The van der Waals surface area contributed by atoms with Gasteiger partial charge in [-0.05, 0) is 54.8 Å². The molecule has 2 aromatic rings. The van der Waals surface area contributed by atoms with Gasteiger partial charge in [-0.25, -0.2) is 0 Å². The molecule has 6 nitrogen and oxygen atoms in total. The van der Waals surface area contributed by atoms with E-state index in [2.05, 4.69) is 16.2 Å². The molecule has 1 aliphatic rings. The van der Waals surface area contributed by atoms with Gasteiger partial charge in [-0.15, -0.1) is 0 Å². The Hall–Kier alpha value is -2.57. The van der Waals surface area contributed by atoms with Gasteiger partial charge in [0, 0.05) is 17.2 Å². The third kappa shape index (κ3) is 6.21. The van der Waals surface area contributed by atoms with Gasteiger partial charge in [0.15, 0.2) is 0 Å². The van der Waals surface area contributed by atoms with E-state index in [4.69, 9.17) is 23.2 Å². The lowest BCUT2D eigenvalue weighted by molar-refractivity contribution is -0.126. The number of carbonyl (C=O) groups excluding carboxylic acids is 3. The third-order valence-electron chi connectivity index (χ3n) is 5.05. The topological polar surface area (TPSA) is 87.3 Å². The molecular weight excluding hydrogens is 425 g/mol. The van der Waals surface area contributed by atoms with E-state index in [-0.39, 0.29) is 24.2 Å². The van der Waals surface area contributed by atoms with Gasteiger partial charge in [-0.1, -0.05) is 48.5 Å². The molecule has 8 heteroatoms. The first-order valence-corrected chi connectivity index (χ1v) is 10.6. The van der Waals surface area contributed by atoms with Crippen molar-refractivity contribution >= 4 is 46.6 Å². The molecule has 1 aliphatic carbocycles. The molecule has 30 heavy (non-hydrogen) atoms. The number of benzene rings is 2. The second kappa shape index (κ2) is 10.5. The highest BCUT2D eigenvalue weighted by Crippen LogP contribution is 2.24. The SMILES string of the molecule is O=C(Cc1ccc(Cl)c(Cl)c1)Nc1ccc(C(=O)NNC(=O)C2CCCCC2)cc1. The van der Waals surface area contributed by atoms with Gasteiger partial charge in [0.2, 0.25) is 11.8 Å². The Bertz CT molecular complexity index is 926. The van der Waals surface area contributed by atoms with Crippen molar-refractivity contribution in [3.63, 3.8) is 0 Å². The van der Waals surface area contributed by atoms with Crippen molar-refractivity contribution in [3.05, 3.63) is 63.6 Å². The number of nitrogens with one attached hydrogen (secondary N) is 3. The smallest absolute Gasteiger partial charge is 0.269 e. The average Bonchev–Trinajstić information content (AvgIpc) is 2.75. The number of hydrogen-bond donors (Lipinski definition) is 3. The van der Waals surface area contributed by atoms with Crippen LogP contribution in [0.25, 0.3) is 0 Å². The summed E-state index contributed by atoms with van der Waals surface area (Å²) in [6.45, 7) is 0. The molecule has 2 aromatic carbocycles. The summed E-state index contributed by atoms with van der Waals surface area (Å²) in [5.74, 6) is -0.806. The molecule has 0 atom stereocenters. The van der Waals surface area contributed by atoms with E-state index in [0.717, 1.165) is 37.7 Å². The van der Waals surface area contributed by atoms with E-state index in [1.165, 1.54) is 0 Å². The summed E-state index contributed by atoms with van der Waals surface area (Å²) in [7, 11) is 0. The predicted octanol–water partition coefficient (Wildman–Crippen LogP) is 4.52. The maximum Gasteiger partial charge on any atom is 0.269 e. The molecule has 0 aromatic heterocycles. The number of hydrazine groups is 1. The molecule has 1 fully saturated rings. The molecule has 0 unspecified atom stereocenters. The van der Waals surface area contributed by atoms with Crippen LogP contribution >= 0.6 is 23.2 Å². The van der Waals surface area contributed by atoms with Crippen molar-refractivity contribution in [2.24, 2.45) is 5.92 Å². The molecule has 0 heterocycles. The van der Waals surface area contributed by atoms with Crippen molar-refractivity contribution in [1.82, 2.24) is 10.9 Å². The molecule has 158 valence electrons. The van der Waals surface area contributed by atoms with Gasteiger partial charge < -0.3 is 5.32 Å². The highest BCUT2D eigenvalue weighted by molar-refractivity contribution is 6.42. The summed E-state index contributed by atoms with van der Waals surface area (Å²) in [5.41, 5.74) is 6.63. The standard InChI is InChI=1S/C22H23Cl2N3O3/c23-18-11-6-14(12-19(18)24)13-20(28)25-17-9-7-16(8-10-17)22(30)27-26-21(29)15-4-2-1-3-5-15/h6-12,15H,1-5,13H2,(H,25,28)(H,26,29)(H,27,30). The van der Waals surface area contributed by atoms with Gasteiger partial charge in [0.05, 0.1) is 16.5 Å². The molecule has 3 rings (SSSR count). The lowest BCUT2D eigenvalue weighted by atomic mass is 9.89. The van der Waals surface area contributed by atoms with Gasteiger partial charge in [0.25, 0.3) is 5.91 Å². The molecule has 3 N–H and O–H groups in total. The number of carbonyl (C=O) groups is 3. The van der Waals surface area contributed by atoms with Crippen molar-refractivity contribution in [2.75, 3.05) is 5.32 Å². The zero-order valence-electron chi connectivity index (χ0n) is 16.3. The minimum absolute atomic E-state index is 0.0350. The van der Waals surface area contributed by atoms with Crippen LogP contribution in [0.4, 0.5) is 5.69 Å². The van der Waals surface area contributed by atoms with Crippen molar-refractivity contribution in [1.29, 1.82) is 0 Å². The first-order valence-electron chi connectivity index (χ1n) is 9.86. The summed E-state index contributed by atoms with van der Waals surface area (Å²) in [5, 5.41) is 3.60. The van der Waals surface area contributed by atoms with Crippen LogP contribution in [0.5, 0.6) is 0 Å². The van der Waals surface area contributed by atoms with Gasteiger partial charge in [-0.2, -0.15) is 0 Å². The molecule has 0 bridgehead atoms. The fourth-order valence-corrected chi connectivity index (χ4v) is 3.72. The Morgan fingerprint density at radius 2 is 1.57 bits per heavy atom. The molecule has 0 spiro atoms. The highest BCUT2D eigenvalue weighted by atomic mass is 35.5. The first-order chi connectivity index (χ1) is 14.4. The van der Waals surface area contributed by atoms with Crippen LogP contribution in [-0.4, -0.2) is 17.7 Å². The monoisotopic (exact) mass is 447 g/mol. The van der Waals surface area contributed by atoms with Crippen LogP contribution in [0, 0.1) is 5.92 Å². The number of rotatable bonds is 5. The Balaban J connectivity index is 1.48. The maximum atomic E-state index is 12.2. The molecule has 0 aliphatic heterocycles. The highest BCUT2D eigenvalue weighted by Gasteiger charge is 2.21. The maximum absolute atomic E-state index is 12.2. The van der Waals surface area contributed by atoms with E-state index >= 15 is 0 Å². The number of hydrogen-bond acceptors (Lipinski definition) is 3. The fraction of sp³-hybridized carbons (Fsp3) is 0.318. The summed E-state index contributed by atoms with van der Waals surface area (Å²) in [6.07, 6.45) is 5.12. The Morgan fingerprint density at radius 3 is 2.23 bits per heavy atom. The normalized spacial score (nSPS) is 14.1. The first kappa shape index (κ1) is 22.1. The molecule has 1 saturated carbocycles. The van der Waals surface area contributed by atoms with Crippen LogP contribution in [0.3, 0.4) is 0 Å². The second-order valence-electron chi connectivity index (χ2n) is 7.33. The van der Waals surface area contributed by atoms with E-state index in [1.807, 2.05) is 0 Å². The predicted molar refractivity (Wildman–Crippen MR) is 117 cm³/mol. The summed E-state index contributed by atoms with van der Waals surface area (Å²) in [6, 6.07) is 11.5.